The molecule has 5 heteroatoms. The SMILES string of the molecule is Oc1c(Br)cccc1CNCc1nc2ccccc2s1. The van der Waals surface area contributed by atoms with Gasteiger partial charge in [0.25, 0.3) is 0 Å². The minimum Gasteiger partial charge on any atom is -0.506 e. The number of aromatic hydroxyl groups is 1. The molecule has 0 saturated heterocycles. The Balaban J connectivity index is 1.66. The highest BCUT2D eigenvalue weighted by molar-refractivity contribution is 9.10. The Hall–Kier alpha value is -1.43. The second-order valence-electron chi connectivity index (χ2n) is 4.43. The molecule has 0 amide bonds. The van der Waals surface area contributed by atoms with Crippen LogP contribution in [-0.4, -0.2) is 10.1 Å². The molecule has 0 aliphatic rings. The molecule has 0 saturated carbocycles. The Kier molecular flexibility index (Phi) is 4.00. The summed E-state index contributed by atoms with van der Waals surface area (Å²) in [6, 6.07) is 13.8. The fraction of sp³-hybridized carbons (Fsp3) is 0.133. The zero-order valence-corrected chi connectivity index (χ0v) is 13.0. The first kappa shape index (κ1) is 13.5. The Labute approximate surface area is 129 Å². The maximum Gasteiger partial charge on any atom is 0.134 e. The number of nitrogens with one attached hydrogen (secondary N) is 1. The summed E-state index contributed by atoms with van der Waals surface area (Å²) in [5.74, 6) is 0.296. The van der Waals surface area contributed by atoms with Gasteiger partial charge in [-0.25, -0.2) is 4.98 Å². The van der Waals surface area contributed by atoms with Crippen LogP contribution in [0.4, 0.5) is 0 Å². The highest BCUT2D eigenvalue weighted by Gasteiger charge is 2.06. The van der Waals surface area contributed by atoms with E-state index in [0.717, 1.165) is 20.6 Å². The van der Waals surface area contributed by atoms with Gasteiger partial charge in [0.05, 0.1) is 14.7 Å². The molecule has 0 fully saturated rings. The summed E-state index contributed by atoms with van der Waals surface area (Å²) in [7, 11) is 0. The van der Waals surface area contributed by atoms with Crippen LogP contribution >= 0.6 is 27.3 Å². The number of fused-ring (bicyclic) bond motifs is 1. The van der Waals surface area contributed by atoms with Crippen molar-refractivity contribution < 1.29 is 5.11 Å². The molecule has 3 nitrogen and oxygen atoms in total. The van der Waals surface area contributed by atoms with Gasteiger partial charge in [-0.3, -0.25) is 0 Å². The van der Waals surface area contributed by atoms with Crippen molar-refractivity contribution in [1.29, 1.82) is 0 Å². The first-order chi connectivity index (χ1) is 9.74. The summed E-state index contributed by atoms with van der Waals surface area (Å²) < 4.78 is 1.92. The molecular formula is C15H13BrN2OS. The first-order valence-corrected chi connectivity index (χ1v) is 7.86. The van der Waals surface area contributed by atoms with Gasteiger partial charge in [-0.15, -0.1) is 11.3 Å². The van der Waals surface area contributed by atoms with Crippen LogP contribution in [-0.2, 0) is 13.1 Å². The lowest BCUT2D eigenvalue weighted by atomic mass is 10.2. The molecule has 0 bridgehead atoms. The number of phenols is 1. The molecule has 0 unspecified atom stereocenters. The van der Waals surface area contributed by atoms with E-state index in [0.29, 0.717) is 18.8 Å². The average molecular weight is 349 g/mol. The van der Waals surface area contributed by atoms with Gasteiger partial charge in [0.2, 0.25) is 0 Å². The first-order valence-electron chi connectivity index (χ1n) is 6.25. The van der Waals surface area contributed by atoms with E-state index >= 15 is 0 Å². The predicted molar refractivity (Wildman–Crippen MR) is 86.0 cm³/mol. The highest BCUT2D eigenvalue weighted by Crippen LogP contribution is 2.27. The van der Waals surface area contributed by atoms with E-state index < -0.39 is 0 Å². The summed E-state index contributed by atoms with van der Waals surface area (Å²) >= 11 is 5.01. The van der Waals surface area contributed by atoms with Gasteiger partial charge in [-0.1, -0.05) is 24.3 Å². The van der Waals surface area contributed by atoms with E-state index in [1.807, 2.05) is 36.4 Å². The third kappa shape index (κ3) is 2.85. The van der Waals surface area contributed by atoms with Gasteiger partial charge in [-0.05, 0) is 34.1 Å². The lowest BCUT2D eigenvalue weighted by Gasteiger charge is -2.06. The topological polar surface area (TPSA) is 45.1 Å². The maximum atomic E-state index is 9.91. The van der Waals surface area contributed by atoms with E-state index in [4.69, 9.17) is 0 Å². The smallest absolute Gasteiger partial charge is 0.134 e. The van der Waals surface area contributed by atoms with Crippen LogP contribution in [0.5, 0.6) is 5.75 Å². The summed E-state index contributed by atoms with van der Waals surface area (Å²) in [6.07, 6.45) is 0. The number of hydrogen-bond donors (Lipinski definition) is 2. The molecule has 3 rings (SSSR count). The van der Waals surface area contributed by atoms with Crippen molar-refractivity contribution in [3.63, 3.8) is 0 Å². The summed E-state index contributed by atoms with van der Waals surface area (Å²) in [5, 5.41) is 14.3. The number of thiazole rings is 1. The van der Waals surface area contributed by atoms with Crippen LogP contribution in [0.2, 0.25) is 0 Å². The number of nitrogens with zero attached hydrogens (tertiary/aromatic N) is 1. The number of aromatic nitrogens is 1. The minimum absolute atomic E-state index is 0.296. The van der Waals surface area contributed by atoms with Crippen molar-refractivity contribution in [2.24, 2.45) is 0 Å². The predicted octanol–water partition coefficient (Wildman–Crippen LogP) is 4.05. The second kappa shape index (κ2) is 5.91. The molecule has 1 heterocycles. The molecule has 0 aliphatic carbocycles. The molecule has 3 aromatic rings. The summed E-state index contributed by atoms with van der Waals surface area (Å²) in [4.78, 5) is 4.57. The molecule has 0 atom stereocenters. The van der Waals surface area contributed by atoms with Crippen molar-refractivity contribution in [3.8, 4) is 5.75 Å². The van der Waals surface area contributed by atoms with Crippen molar-refractivity contribution in [2.45, 2.75) is 13.1 Å². The monoisotopic (exact) mass is 348 g/mol. The molecule has 102 valence electrons. The highest BCUT2D eigenvalue weighted by atomic mass is 79.9. The maximum absolute atomic E-state index is 9.91. The summed E-state index contributed by atoms with van der Waals surface area (Å²) in [6.45, 7) is 1.31. The third-order valence-corrected chi connectivity index (χ3v) is 4.68. The van der Waals surface area contributed by atoms with Crippen molar-refractivity contribution in [1.82, 2.24) is 10.3 Å². The van der Waals surface area contributed by atoms with Crippen LogP contribution in [0.15, 0.2) is 46.9 Å². The molecule has 20 heavy (non-hydrogen) atoms. The number of benzene rings is 2. The standard InChI is InChI=1S/C15H13BrN2OS/c16-11-5-3-4-10(15(11)19)8-17-9-14-18-12-6-1-2-7-13(12)20-14/h1-7,17,19H,8-9H2. The second-order valence-corrected chi connectivity index (χ2v) is 6.40. The van der Waals surface area contributed by atoms with Crippen LogP contribution in [0.1, 0.15) is 10.6 Å². The van der Waals surface area contributed by atoms with E-state index in [1.165, 1.54) is 4.70 Å². The van der Waals surface area contributed by atoms with Crippen LogP contribution in [0.3, 0.4) is 0 Å². The van der Waals surface area contributed by atoms with Gasteiger partial charge in [0, 0.05) is 18.7 Å². The minimum atomic E-state index is 0.296. The van der Waals surface area contributed by atoms with E-state index in [1.54, 1.807) is 11.3 Å². The normalized spacial score (nSPS) is 11.1. The van der Waals surface area contributed by atoms with Crippen molar-refractivity contribution in [3.05, 3.63) is 57.5 Å². The average Bonchev–Trinajstić information content (AvgIpc) is 2.86. The molecule has 1 aromatic heterocycles. The van der Waals surface area contributed by atoms with E-state index in [2.05, 4.69) is 32.3 Å². The molecule has 2 N–H and O–H groups in total. The number of halogens is 1. The zero-order valence-electron chi connectivity index (χ0n) is 10.6. The Morgan fingerprint density at radius 2 is 1.95 bits per heavy atom. The fourth-order valence-corrected chi connectivity index (χ4v) is 3.35. The zero-order chi connectivity index (χ0) is 13.9. The van der Waals surface area contributed by atoms with E-state index in [-0.39, 0.29) is 0 Å². The number of para-hydroxylation sites is 2. The molecule has 0 radical (unpaired) electrons. The van der Waals surface area contributed by atoms with Crippen LogP contribution in [0.25, 0.3) is 10.2 Å². The van der Waals surface area contributed by atoms with Gasteiger partial charge in [0.1, 0.15) is 10.8 Å². The fourth-order valence-electron chi connectivity index (χ4n) is 2.00. The quantitative estimate of drug-likeness (QED) is 0.747. The third-order valence-electron chi connectivity index (χ3n) is 3.00. The molecule has 2 aromatic carbocycles. The van der Waals surface area contributed by atoms with Crippen LogP contribution < -0.4 is 5.32 Å². The summed E-state index contributed by atoms with van der Waals surface area (Å²) in [5.41, 5.74) is 1.92. The lowest BCUT2D eigenvalue weighted by Crippen LogP contribution is -2.12. The molecular weight excluding hydrogens is 336 g/mol. The number of phenolic OH excluding ortho intramolecular Hbond substituents is 1. The number of rotatable bonds is 4. The van der Waals surface area contributed by atoms with Gasteiger partial charge in [0.15, 0.2) is 0 Å². The van der Waals surface area contributed by atoms with Crippen LogP contribution in [0, 0.1) is 0 Å². The Bertz CT molecular complexity index is 709. The molecule has 0 spiro atoms. The Morgan fingerprint density at radius 3 is 2.80 bits per heavy atom. The largest absolute Gasteiger partial charge is 0.506 e. The molecule has 0 aliphatic heterocycles. The van der Waals surface area contributed by atoms with Crippen molar-refractivity contribution >= 4 is 37.5 Å². The van der Waals surface area contributed by atoms with E-state index in [9.17, 15) is 5.11 Å². The lowest BCUT2D eigenvalue weighted by molar-refractivity contribution is 0.461. The van der Waals surface area contributed by atoms with Gasteiger partial charge < -0.3 is 10.4 Å². The van der Waals surface area contributed by atoms with Gasteiger partial charge >= 0.3 is 0 Å². The Morgan fingerprint density at radius 1 is 1.10 bits per heavy atom. The van der Waals surface area contributed by atoms with Crippen molar-refractivity contribution in [2.75, 3.05) is 0 Å². The van der Waals surface area contributed by atoms with Gasteiger partial charge in [-0.2, -0.15) is 0 Å². The number of hydrogen-bond acceptors (Lipinski definition) is 4.